The van der Waals surface area contributed by atoms with Gasteiger partial charge in [-0.15, -0.1) is 26.3 Å². The predicted octanol–water partition coefficient (Wildman–Crippen LogP) is 5.31. The number of hydrogen-bond donors (Lipinski definition) is 0. The standard InChI is InChI=1S/C28H32O4/c1-5-9-19-13-25-24(12-8-4)28(32-18-22-16-30-22)20(10-6-2)14-26(25)23(11-7-3)27(19)31-17-21-15-29-21/h5-8,13-14,21-22H,1-4,9-12,15-18H2. The topological polar surface area (TPSA) is 43.5 Å². The lowest BCUT2D eigenvalue weighted by atomic mass is 9.89. The molecule has 0 N–H and O–H groups in total. The van der Waals surface area contributed by atoms with Crippen molar-refractivity contribution in [1.29, 1.82) is 0 Å². The van der Waals surface area contributed by atoms with Crippen LogP contribution < -0.4 is 9.47 Å². The first-order chi connectivity index (χ1) is 15.7. The highest BCUT2D eigenvalue weighted by atomic mass is 16.6. The van der Waals surface area contributed by atoms with Gasteiger partial charge in [0.25, 0.3) is 0 Å². The third-order valence-electron chi connectivity index (χ3n) is 5.77. The van der Waals surface area contributed by atoms with Crippen molar-refractivity contribution in [2.45, 2.75) is 37.9 Å². The van der Waals surface area contributed by atoms with Crippen molar-refractivity contribution in [3.05, 3.63) is 85.0 Å². The van der Waals surface area contributed by atoms with Crippen LogP contribution in [0.15, 0.2) is 62.8 Å². The molecule has 168 valence electrons. The zero-order valence-electron chi connectivity index (χ0n) is 18.7. The second-order valence-corrected chi connectivity index (χ2v) is 8.29. The number of rotatable bonds is 14. The smallest absolute Gasteiger partial charge is 0.127 e. The summed E-state index contributed by atoms with van der Waals surface area (Å²) in [5.74, 6) is 1.84. The van der Waals surface area contributed by atoms with Crippen LogP contribution in [0, 0.1) is 0 Å². The molecule has 2 aromatic rings. The van der Waals surface area contributed by atoms with Gasteiger partial charge in [0.1, 0.15) is 36.9 Å². The van der Waals surface area contributed by atoms with Crippen LogP contribution in [0.25, 0.3) is 10.8 Å². The Bertz CT molecular complexity index is 945. The van der Waals surface area contributed by atoms with E-state index in [1.54, 1.807) is 0 Å². The molecule has 0 spiro atoms. The lowest BCUT2D eigenvalue weighted by Crippen LogP contribution is -2.11. The van der Waals surface area contributed by atoms with Crippen LogP contribution in [0.2, 0.25) is 0 Å². The molecule has 0 bridgehead atoms. The van der Waals surface area contributed by atoms with Crippen molar-refractivity contribution in [2.75, 3.05) is 26.4 Å². The van der Waals surface area contributed by atoms with Gasteiger partial charge in [-0.3, -0.25) is 0 Å². The molecule has 2 aliphatic heterocycles. The zero-order valence-corrected chi connectivity index (χ0v) is 18.7. The van der Waals surface area contributed by atoms with Crippen LogP contribution in [0.3, 0.4) is 0 Å². The number of allylic oxidation sites excluding steroid dienone is 4. The summed E-state index contributed by atoms with van der Waals surface area (Å²) in [5, 5.41) is 2.32. The summed E-state index contributed by atoms with van der Waals surface area (Å²) in [5.41, 5.74) is 4.51. The quantitative estimate of drug-likeness (QED) is 0.300. The molecule has 2 fully saturated rings. The number of ether oxygens (including phenoxy) is 4. The molecular formula is C28H32O4. The average molecular weight is 433 g/mol. The van der Waals surface area contributed by atoms with Gasteiger partial charge in [0.15, 0.2) is 0 Å². The van der Waals surface area contributed by atoms with Crippen LogP contribution in [0.1, 0.15) is 22.3 Å². The van der Waals surface area contributed by atoms with Crippen LogP contribution in [-0.4, -0.2) is 38.6 Å². The maximum Gasteiger partial charge on any atom is 0.127 e. The van der Waals surface area contributed by atoms with E-state index >= 15 is 0 Å². The highest BCUT2D eigenvalue weighted by Gasteiger charge is 2.27. The van der Waals surface area contributed by atoms with Gasteiger partial charge in [-0.25, -0.2) is 0 Å². The minimum absolute atomic E-state index is 0.187. The van der Waals surface area contributed by atoms with Crippen molar-refractivity contribution in [3.8, 4) is 11.5 Å². The Labute approximate surface area is 190 Å². The van der Waals surface area contributed by atoms with Crippen molar-refractivity contribution >= 4 is 10.8 Å². The Kier molecular flexibility index (Phi) is 7.13. The van der Waals surface area contributed by atoms with E-state index in [9.17, 15) is 0 Å². The molecule has 4 nitrogen and oxygen atoms in total. The van der Waals surface area contributed by atoms with Gasteiger partial charge in [0, 0.05) is 11.1 Å². The molecule has 0 saturated carbocycles. The molecule has 32 heavy (non-hydrogen) atoms. The number of benzene rings is 2. The number of epoxide rings is 2. The fourth-order valence-corrected chi connectivity index (χ4v) is 4.12. The maximum atomic E-state index is 6.31. The van der Waals surface area contributed by atoms with Gasteiger partial charge < -0.3 is 18.9 Å². The molecule has 2 saturated heterocycles. The molecule has 2 heterocycles. The van der Waals surface area contributed by atoms with Gasteiger partial charge in [-0.2, -0.15) is 0 Å². The van der Waals surface area contributed by atoms with E-state index in [-0.39, 0.29) is 12.2 Å². The first kappa shape index (κ1) is 22.4. The van der Waals surface area contributed by atoms with Crippen LogP contribution in [0.4, 0.5) is 0 Å². The fourth-order valence-electron chi connectivity index (χ4n) is 4.12. The summed E-state index contributed by atoms with van der Waals surface area (Å²) in [7, 11) is 0. The lowest BCUT2D eigenvalue weighted by molar-refractivity contribution is 0.259. The third-order valence-corrected chi connectivity index (χ3v) is 5.77. The predicted molar refractivity (Wildman–Crippen MR) is 130 cm³/mol. The van der Waals surface area contributed by atoms with E-state index in [2.05, 4.69) is 38.4 Å². The first-order valence-electron chi connectivity index (χ1n) is 11.3. The molecule has 0 aromatic heterocycles. The van der Waals surface area contributed by atoms with Crippen LogP contribution >= 0.6 is 0 Å². The third kappa shape index (κ3) is 4.98. The highest BCUT2D eigenvalue weighted by molar-refractivity contribution is 5.94. The molecule has 4 heteroatoms. The van der Waals surface area contributed by atoms with Gasteiger partial charge in [0.05, 0.1) is 13.2 Å². The molecule has 0 radical (unpaired) electrons. The molecular weight excluding hydrogens is 400 g/mol. The molecule has 0 aliphatic carbocycles. The highest BCUT2D eigenvalue weighted by Crippen LogP contribution is 2.41. The second kappa shape index (κ2) is 10.2. The first-order valence-corrected chi connectivity index (χ1v) is 11.3. The van der Waals surface area contributed by atoms with Crippen molar-refractivity contribution < 1.29 is 18.9 Å². The van der Waals surface area contributed by atoms with Gasteiger partial charge in [0.2, 0.25) is 0 Å². The summed E-state index contributed by atoms with van der Waals surface area (Å²) in [6, 6.07) is 4.45. The van der Waals surface area contributed by atoms with E-state index in [0.29, 0.717) is 26.1 Å². The normalized spacial score (nSPS) is 18.8. The van der Waals surface area contributed by atoms with Crippen molar-refractivity contribution in [2.24, 2.45) is 0 Å². The largest absolute Gasteiger partial charge is 0.490 e. The summed E-state index contributed by atoms with van der Waals surface area (Å²) in [4.78, 5) is 0. The maximum absolute atomic E-state index is 6.31. The van der Waals surface area contributed by atoms with E-state index in [0.717, 1.165) is 70.6 Å². The molecule has 2 atom stereocenters. The van der Waals surface area contributed by atoms with E-state index in [1.165, 1.54) is 0 Å². The summed E-state index contributed by atoms with van der Waals surface area (Å²) in [6.07, 6.45) is 10.9. The number of hydrogen-bond acceptors (Lipinski definition) is 4. The minimum Gasteiger partial charge on any atom is -0.490 e. The molecule has 2 unspecified atom stereocenters. The van der Waals surface area contributed by atoms with Gasteiger partial charge in [-0.1, -0.05) is 24.3 Å². The number of fused-ring (bicyclic) bond motifs is 1. The molecule has 2 aliphatic rings. The molecule has 2 aromatic carbocycles. The average Bonchev–Trinajstić information content (AvgIpc) is 3.69. The summed E-state index contributed by atoms with van der Waals surface area (Å²) in [6.45, 7) is 18.6. The summed E-state index contributed by atoms with van der Waals surface area (Å²) >= 11 is 0. The summed E-state index contributed by atoms with van der Waals surface area (Å²) < 4.78 is 23.4. The Morgan fingerprint density at radius 3 is 1.38 bits per heavy atom. The van der Waals surface area contributed by atoms with E-state index in [1.807, 2.05) is 24.3 Å². The van der Waals surface area contributed by atoms with Crippen molar-refractivity contribution in [1.82, 2.24) is 0 Å². The van der Waals surface area contributed by atoms with Crippen LogP contribution in [0.5, 0.6) is 11.5 Å². The fraction of sp³-hybridized carbons (Fsp3) is 0.357. The second-order valence-electron chi connectivity index (χ2n) is 8.29. The van der Waals surface area contributed by atoms with Gasteiger partial charge in [-0.05, 0) is 59.7 Å². The van der Waals surface area contributed by atoms with E-state index < -0.39 is 0 Å². The van der Waals surface area contributed by atoms with E-state index in [4.69, 9.17) is 18.9 Å². The lowest BCUT2D eigenvalue weighted by Gasteiger charge is -2.22. The van der Waals surface area contributed by atoms with Gasteiger partial charge >= 0.3 is 0 Å². The monoisotopic (exact) mass is 432 g/mol. The van der Waals surface area contributed by atoms with Crippen molar-refractivity contribution in [3.63, 3.8) is 0 Å². The zero-order chi connectivity index (χ0) is 22.5. The Morgan fingerprint density at radius 2 is 1.06 bits per heavy atom. The van der Waals surface area contributed by atoms with Crippen LogP contribution in [-0.2, 0) is 35.2 Å². The minimum atomic E-state index is 0.187. The molecule has 0 amide bonds. The Hall–Kier alpha value is -2.82. The SMILES string of the molecule is C=CCc1cc2c(CC=C)c(OCC3CO3)c(CC=C)cc2c(CC=C)c1OCC1CO1. The Balaban J connectivity index is 1.93. The Morgan fingerprint density at radius 1 is 0.688 bits per heavy atom. The molecule has 4 rings (SSSR count).